The van der Waals surface area contributed by atoms with Gasteiger partial charge in [-0.15, -0.1) is 0 Å². The summed E-state index contributed by atoms with van der Waals surface area (Å²) in [6.07, 6.45) is 2.03. The molecule has 0 saturated heterocycles. The van der Waals surface area contributed by atoms with Crippen molar-refractivity contribution in [1.29, 1.82) is 0 Å². The van der Waals surface area contributed by atoms with Crippen molar-refractivity contribution < 1.29 is 54.1 Å². The Bertz CT molecular complexity index is 177. The van der Waals surface area contributed by atoms with Crippen LogP contribution in [0.15, 0.2) is 25.0 Å². The predicted octanol–water partition coefficient (Wildman–Crippen LogP) is -5.40. The number of rotatable bonds is 3. The van der Waals surface area contributed by atoms with Gasteiger partial charge in [0.05, 0.1) is 11.9 Å². The Labute approximate surface area is 134 Å². The van der Waals surface area contributed by atoms with Crippen LogP contribution in [-0.4, -0.2) is 49.7 Å². The van der Waals surface area contributed by atoms with Crippen molar-refractivity contribution in [3.63, 3.8) is 0 Å². The van der Waals surface area contributed by atoms with Gasteiger partial charge in [0.1, 0.15) is 0 Å². The Kier molecular flexibility index (Phi) is 32.7. The van der Waals surface area contributed by atoms with Gasteiger partial charge >= 0.3 is 67.3 Å². The first-order valence-electron chi connectivity index (χ1n) is 2.66. The van der Waals surface area contributed by atoms with E-state index in [1.807, 2.05) is 0 Å². The monoisotopic (exact) mass is 234 g/mol. The molecule has 7 heteroatoms. The van der Waals surface area contributed by atoms with Crippen molar-refractivity contribution in [3.05, 3.63) is 32.1 Å². The number of hydrogen-bond acceptors (Lipinski definition) is 5. The number of carboxylic acid groups (broad SMARTS) is 2. The number of aliphatic carboxylic acids is 2. The molecule has 0 aromatic carbocycles. The van der Waals surface area contributed by atoms with Crippen molar-refractivity contribution in [2.75, 3.05) is 0 Å². The van der Waals surface area contributed by atoms with Crippen molar-refractivity contribution in [1.82, 2.24) is 0 Å². The molecule has 5 nitrogen and oxygen atoms in total. The minimum atomic E-state index is -1.55. The Morgan fingerprint density at radius 1 is 1.21 bits per heavy atom. The third-order valence-electron chi connectivity index (χ3n) is 0.473. The van der Waals surface area contributed by atoms with E-state index in [0.29, 0.717) is 12.2 Å². The van der Waals surface area contributed by atoms with Gasteiger partial charge in [-0.2, -0.15) is 7.11 Å². The first kappa shape index (κ1) is 24.0. The first-order valence-corrected chi connectivity index (χ1v) is 2.66. The van der Waals surface area contributed by atoms with Crippen molar-refractivity contribution in [2.45, 2.75) is 0 Å². The molecule has 14 heavy (non-hydrogen) atoms. The molecule has 68 valence electrons. The third-order valence-corrected chi connectivity index (χ3v) is 0.473. The first-order chi connectivity index (χ1) is 5.54. The van der Waals surface area contributed by atoms with E-state index in [9.17, 15) is 19.8 Å². The summed E-state index contributed by atoms with van der Waals surface area (Å²) in [4.78, 5) is 18.8. The van der Waals surface area contributed by atoms with Crippen molar-refractivity contribution in [3.8, 4) is 0 Å². The molecule has 0 radical (unpaired) electrons. The number of carbonyl (C=O) groups is 2. The Hall–Kier alpha value is 0.480. The predicted molar refractivity (Wildman–Crippen MR) is 41.5 cm³/mol. The smallest absolute Gasteiger partial charge is 0.671 e. The number of hydrogen-bond donors (Lipinski definition) is 0. The summed E-state index contributed by atoms with van der Waals surface area (Å²) in [5.41, 5.74) is 0. The Balaban J connectivity index is -0.0000000733. The summed E-state index contributed by atoms with van der Waals surface area (Å²) in [5, 5.41) is 18.8. The molecule has 0 bridgehead atoms. The van der Waals surface area contributed by atoms with E-state index >= 15 is 0 Å². The van der Waals surface area contributed by atoms with Crippen LogP contribution >= 0.6 is 0 Å². The van der Waals surface area contributed by atoms with Gasteiger partial charge in [-0.25, -0.2) is 0 Å². The molecule has 0 aromatic rings. The Morgan fingerprint density at radius 2 is 1.43 bits per heavy atom. The third kappa shape index (κ3) is 39.2. The topological polar surface area (TPSA) is 89.5 Å². The van der Waals surface area contributed by atoms with Gasteiger partial charge in [-0.1, -0.05) is 6.58 Å². The van der Waals surface area contributed by atoms with Crippen LogP contribution in [0.2, 0.25) is 0 Å². The fraction of sp³-hybridized carbons (Fsp3) is 0. The summed E-state index contributed by atoms with van der Waals surface area (Å²) in [5.74, 6) is -3.09. The molecule has 0 N–H and O–H groups in total. The summed E-state index contributed by atoms with van der Waals surface area (Å²) < 4.78 is 4.06. The second kappa shape index (κ2) is 19.1. The van der Waals surface area contributed by atoms with Crippen LogP contribution in [0.1, 0.15) is 0 Å². The van der Waals surface area contributed by atoms with Crippen LogP contribution in [0, 0.1) is 7.11 Å². The average Bonchev–Trinajstić information content (AvgIpc) is 2.01. The van der Waals surface area contributed by atoms with E-state index in [2.05, 4.69) is 18.4 Å². The standard InChI is InChI=1S/C4H4O4.C3H5O.Ca.Na/c5-3(6)1-2-4(7)8;1-3-4-2;;/h1-2H,(H,5,6)(H,7,8);3H,1-2H2;;/q;-1;+2;+1/p-2. The summed E-state index contributed by atoms with van der Waals surface area (Å²) in [6.45, 7) is 3.19. The molecule has 0 aliphatic rings. The second-order valence-corrected chi connectivity index (χ2v) is 1.30. The minimum Gasteiger partial charge on any atom is -0.671 e. The van der Waals surface area contributed by atoms with Crippen LogP contribution in [-0.2, 0) is 14.3 Å². The van der Waals surface area contributed by atoms with E-state index in [4.69, 9.17) is 0 Å². The molecular formula is C7H7CaNaO5. The van der Waals surface area contributed by atoms with Crippen LogP contribution in [0.5, 0.6) is 0 Å². The van der Waals surface area contributed by atoms with Gasteiger partial charge in [0.2, 0.25) is 0 Å². The zero-order chi connectivity index (χ0) is 9.98. The fourth-order valence-corrected chi connectivity index (χ4v) is 0.136. The molecule has 0 aromatic heterocycles. The number of carboxylic acids is 2. The molecule has 0 aliphatic carbocycles. The van der Waals surface area contributed by atoms with Crippen LogP contribution < -0.4 is 39.8 Å². The molecule has 0 rings (SSSR count). The molecular weight excluding hydrogens is 227 g/mol. The second-order valence-electron chi connectivity index (χ2n) is 1.30. The van der Waals surface area contributed by atoms with Gasteiger partial charge in [0.25, 0.3) is 0 Å². The van der Waals surface area contributed by atoms with Gasteiger partial charge in [0, 0.05) is 6.26 Å². The van der Waals surface area contributed by atoms with Gasteiger partial charge in [-0.3, -0.25) is 0 Å². The summed E-state index contributed by atoms with van der Waals surface area (Å²) in [6, 6.07) is 0. The molecule has 0 atom stereocenters. The average molecular weight is 234 g/mol. The maximum Gasteiger partial charge on any atom is 2.00 e. The molecule has 0 fully saturated rings. The maximum absolute atomic E-state index is 9.41. The molecule has 0 aliphatic heterocycles. The summed E-state index contributed by atoms with van der Waals surface area (Å²) >= 11 is 0. The van der Waals surface area contributed by atoms with Crippen molar-refractivity contribution >= 4 is 49.7 Å². The number of ether oxygens (including phenoxy) is 1. The minimum absolute atomic E-state index is 0. The largest absolute Gasteiger partial charge is 2.00 e. The molecule has 0 heterocycles. The van der Waals surface area contributed by atoms with Gasteiger partial charge < -0.3 is 24.5 Å². The molecule has 0 spiro atoms. The molecule has 0 unspecified atom stereocenters. The zero-order valence-electron chi connectivity index (χ0n) is 7.89. The Morgan fingerprint density at radius 3 is 1.50 bits per heavy atom. The van der Waals surface area contributed by atoms with E-state index in [1.165, 1.54) is 6.26 Å². The van der Waals surface area contributed by atoms with E-state index in [0.717, 1.165) is 0 Å². The quantitative estimate of drug-likeness (QED) is 0.210. The van der Waals surface area contributed by atoms with Crippen molar-refractivity contribution in [2.24, 2.45) is 0 Å². The normalized spacial score (nSPS) is 6.93. The van der Waals surface area contributed by atoms with Gasteiger partial charge in [0.15, 0.2) is 0 Å². The summed E-state index contributed by atoms with van der Waals surface area (Å²) in [7, 11) is 2.99. The maximum atomic E-state index is 9.41. The fourth-order valence-electron chi connectivity index (χ4n) is 0.136. The molecule has 0 saturated carbocycles. The molecule has 0 amide bonds. The zero-order valence-corrected chi connectivity index (χ0v) is 12.1. The van der Waals surface area contributed by atoms with E-state index < -0.39 is 11.9 Å². The van der Waals surface area contributed by atoms with Crippen LogP contribution in [0.3, 0.4) is 0 Å². The van der Waals surface area contributed by atoms with Crippen LogP contribution in [0.4, 0.5) is 0 Å². The SMILES string of the molecule is C=CO[CH2-].O=C([O-])C=CC(=O)[O-].[Ca+2].[Na+]. The van der Waals surface area contributed by atoms with E-state index in [-0.39, 0.29) is 67.3 Å². The van der Waals surface area contributed by atoms with Gasteiger partial charge in [-0.05, 0) is 12.2 Å². The van der Waals surface area contributed by atoms with E-state index in [1.54, 1.807) is 0 Å². The van der Waals surface area contributed by atoms with Crippen LogP contribution in [0.25, 0.3) is 0 Å². The number of carbonyl (C=O) groups excluding carboxylic acids is 2.